The monoisotopic (exact) mass is 293 g/mol. The first-order valence-electron chi connectivity index (χ1n) is 5.51. The number of carboxylic acids is 1. The molecule has 0 aromatic heterocycles. The summed E-state index contributed by atoms with van der Waals surface area (Å²) >= 11 is -0.149. The molecule has 0 fully saturated rings. The van der Waals surface area contributed by atoms with E-state index >= 15 is 0 Å². The molecular formula is C12H14F3NO2S. The molecule has 1 rings (SSSR count). The van der Waals surface area contributed by atoms with Crippen molar-refractivity contribution in [3.8, 4) is 0 Å². The molecule has 7 heteroatoms. The van der Waals surface area contributed by atoms with Gasteiger partial charge in [-0.25, -0.2) is 0 Å². The third-order valence-electron chi connectivity index (χ3n) is 2.32. The Morgan fingerprint density at radius 2 is 1.89 bits per heavy atom. The highest BCUT2D eigenvalue weighted by Gasteiger charge is 2.28. The largest absolute Gasteiger partial charge is 0.481 e. The number of benzene rings is 1. The third kappa shape index (κ3) is 7.07. The van der Waals surface area contributed by atoms with E-state index in [1.807, 2.05) is 0 Å². The molecule has 0 atom stereocenters. The molecule has 0 aliphatic heterocycles. The maximum absolute atomic E-state index is 12.1. The molecule has 0 spiro atoms. The van der Waals surface area contributed by atoms with Gasteiger partial charge in [0.1, 0.15) is 0 Å². The van der Waals surface area contributed by atoms with Crippen molar-refractivity contribution in [2.24, 2.45) is 0 Å². The molecule has 0 unspecified atom stereocenters. The van der Waals surface area contributed by atoms with E-state index in [1.54, 1.807) is 24.1 Å². The number of carboxylic acid groups (broad SMARTS) is 1. The molecule has 0 amide bonds. The molecular weight excluding hydrogens is 279 g/mol. The van der Waals surface area contributed by atoms with E-state index in [2.05, 4.69) is 0 Å². The zero-order valence-electron chi connectivity index (χ0n) is 10.3. The van der Waals surface area contributed by atoms with Gasteiger partial charge in [-0.05, 0) is 36.5 Å². The lowest BCUT2D eigenvalue weighted by atomic mass is 10.2. The number of hydrogen-bond acceptors (Lipinski definition) is 3. The third-order valence-corrected chi connectivity index (χ3v) is 3.06. The average molecular weight is 293 g/mol. The van der Waals surface area contributed by atoms with Gasteiger partial charge in [0.2, 0.25) is 0 Å². The summed E-state index contributed by atoms with van der Waals surface area (Å²) in [4.78, 5) is 12.3. The number of thioether (sulfide) groups is 1. The van der Waals surface area contributed by atoms with E-state index in [0.717, 1.165) is 5.56 Å². The summed E-state index contributed by atoms with van der Waals surface area (Å²) in [7, 11) is 1.77. The van der Waals surface area contributed by atoms with Crippen molar-refractivity contribution < 1.29 is 23.1 Å². The molecule has 1 aromatic carbocycles. The number of aliphatic carboxylic acids is 1. The summed E-state index contributed by atoms with van der Waals surface area (Å²) in [5.41, 5.74) is -3.43. The Morgan fingerprint density at radius 1 is 1.32 bits per heavy atom. The van der Waals surface area contributed by atoms with Gasteiger partial charge in [-0.2, -0.15) is 13.2 Å². The molecule has 0 aliphatic carbocycles. The highest BCUT2D eigenvalue weighted by Crippen LogP contribution is 2.36. The molecule has 1 N–H and O–H groups in total. The van der Waals surface area contributed by atoms with Gasteiger partial charge in [-0.3, -0.25) is 4.79 Å². The Kier molecular flexibility index (Phi) is 5.68. The average Bonchev–Trinajstić information content (AvgIpc) is 2.27. The van der Waals surface area contributed by atoms with E-state index < -0.39 is 11.5 Å². The van der Waals surface area contributed by atoms with Crippen LogP contribution in [-0.4, -0.2) is 35.1 Å². The van der Waals surface area contributed by atoms with E-state index in [9.17, 15) is 18.0 Å². The van der Waals surface area contributed by atoms with Gasteiger partial charge in [-0.15, -0.1) is 0 Å². The summed E-state index contributed by atoms with van der Waals surface area (Å²) < 4.78 is 36.4. The maximum Gasteiger partial charge on any atom is 0.446 e. The van der Waals surface area contributed by atoms with Crippen LogP contribution in [0.3, 0.4) is 0 Å². The first-order chi connectivity index (χ1) is 8.76. The minimum absolute atomic E-state index is 0.0402. The first-order valence-corrected chi connectivity index (χ1v) is 6.33. The number of halogens is 3. The summed E-state index contributed by atoms with van der Waals surface area (Å²) in [6, 6.07) is 6.06. The van der Waals surface area contributed by atoms with Crippen LogP contribution in [-0.2, 0) is 11.3 Å². The summed E-state index contributed by atoms with van der Waals surface area (Å²) in [6.07, 6.45) is 0.0402. The van der Waals surface area contributed by atoms with E-state index in [1.165, 1.54) is 12.1 Å². The molecule has 0 saturated carbocycles. The van der Waals surface area contributed by atoms with Crippen LogP contribution in [0.2, 0.25) is 0 Å². The SMILES string of the molecule is CN(CCC(=O)O)Cc1ccc(SC(F)(F)F)cc1. The van der Waals surface area contributed by atoms with Crippen LogP contribution >= 0.6 is 11.8 Å². The van der Waals surface area contributed by atoms with Crippen LogP contribution in [0.1, 0.15) is 12.0 Å². The van der Waals surface area contributed by atoms with Gasteiger partial charge in [0.15, 0.2) is 0 Å². The number of carbonyl (C=O) groups is 1. The van der Waals surface area contributed by atoms with Crippen molar-refractivity contribution >= 4 is 17.7 Å². The molecule has 0 radical (unpaired) electrons. The second-order valence-corrected chi connectivity index (χ2v) is 5.21. The zero-order valence-corrected chi connectivity index (χ0v) is 11.1. The van der Waals surface area contributed by atoms with Crippen LogP contribution < -0.4 is 0 Å². The van der Waals surface area contributed by atoms with Crippen LogP contribution in [0, 0.1) is 0 Å². The Balaban J connectivity index is 2.50. The van der Waals surface area contributed by atoms with Gasteiger partial charge < -0.3 is 10.0 Å². The molecule has 0 heterocycles. The lowest BCUT2D eigenvalue weighted by Gasteiger charge is -2.15. The fourth-order valence-electron chi connectivity index (χ4n) is 1.47. The minimum Gasteiger partial charge on any atom is -0.481 e. The molecule has 1 aromatic rings. The highest BCUT2D eigenvalue weighted by molar-refractivity contribution is 8.00. The van der Waals surface area contributed by atoms with E-state index in [-0.39, 0.29) is 23.1 Å². The smallest absolute Gasteiger partial charge is 0.446 e. The fourth-order valence-corrected chi connectivity index (χ4v) is 2.01. The topological polar surface area (TPSA) is 40.5 Å². The quantitative estimate of drug-likeness (QED) is 0.818. The maximum atomic E-state index is 12.1. The van der Waals surface area contributed by atoms with Crippen LogP contribution in [0.25, 0.3) is 0 Å². The van der Waals surface area contributed by atoms with E-state index in [4.69, 9.17) is 5.11 Å². The van der Waals surface area contributed by atoms with Crippen molar-refractivity contribution in [2.75, 3.05) is 13.6 Å². The Labute approximate surface area is 113 Å². The number of hydrogen-bond donors (Lipinski definition) is 1. The molecule has 0 saturated heterocycles. The van der Waals surface area contributed by atoms with Crippen molar-refractivity contribution in [3.63, 3.8) is 0 Å². The van der Waals surface area contributed by atoms with Crippen LogP contribution in [0.5, 0.6) is 0 Å². The van der Waals surface area contributed by atoms with Crippen molar-refractivity contribution in [1.29, 1.82) is 0 Å². The summed E-state index contributed by atoms with van der Waals surface area (Å²) in [5, 5.41) is 8.54. The number of rotatable bonds is 6. The lowest BCUT2D eigenvalue weighted by Crippen LogP contribution is -2.21. The first kappa shape index (κ1) is 15.8. The summed E-state index contributed by atoms with van der Waals surface area (Å²) in [5.74, 6) is -0.872. The minimum atomic E-state index is -4.28. The fraction of sp³-hybridized carbons (Fsp3) is 0.417. The molecule has 0 aliphatic rings. The zero-order chi connectivity index (χ0) is 14.5. The normalized spacial score (nSPS) is 11.8. The molecule has 19 heavy (non-hydrogen) atoms. The molecule has 0 bridgehead atoms. The van der Waals surface area contributed by atoms with Crippen LogP contribution in [0.4, 0.5) is 13.2 Å². The van der Waals surface area contributed by atoms with Gasteiger partial charge in [0, 0.05) is 18.0 Å². The molecule has 106 valence electrons. The van der Waals surface area contributed by atoms with Gasteiger partial charge in [0.05, 0.1) is 6.42 Å². The Bertz CT molecular complexity index is 420. The second kappa shape index (κ2) is 6.81. The number of nitrogens with zero attached hydrogens (tertiary/aromatic N) is 1. The van der Waals surface area contributed by atoms with Crippen molar-refractivity contribution in [3.05, 3.63) is 29.8 Å². The second-order valence-electron chi connectivity index (χ2n) is 4.07. The summed E-state index contributed by atoms with van der Waals surface area (Å²) in [6.45, 7) is 0.901. The Morgan fingerprint density at radius 3 is 2.37 bits per heavy atom. The lowest BCUT2D eigenvalue weighted by molar-refractivity contribution is -0.137. The predicted molar refractivity (Wildman–Crippen MR) is 66.9 cm³/mol. The van der Waals surface area contributed by atoms with Crippen molar-refractivity contribution in [2.45, 2.75) is 23.4 Å². The van der Waals surface area contributed by atoms with Gasteiger partial charge in [0.25, 0.3) is 0 Å². The van der Waals surface area contributed by atoms with Crippen molar-refractivity contribution in [1.82, 2.24) is 4.90 Å². The van der Waals surface area contributed by atoms with Crippen LogP contribution in [0.15, 0.2) is 29.2 Å². The predicted octanol–water partition coefficient (Wildman–Crippen LogP) is 3.21. The Hall–Kier alpha value is -1.21. The van der Waals surface area contributed by atoms with Gasteiger partial charge >= 0.3 is 11.5 Å². The number of alkyl halides is 3. The standard InChI is InChI=1S/C12H14F3NO2S/c1-16(7-6-11(17)18)8-9-2-4-10(5-3-9)19-12(13,14)15/h2-5H,6-8H2,1H3,(H,17,18). The van der Waals surface area contributed by atoms with Gasteiger partial charge in [-0.1, -0.05) is 12.1 Å². The molecule has 3 nitrogen and oxygen atoms in total. The highest BCUT2D eigenvalue weighted by atomic mass is 32.2. The van der Waals surface area contributed by atoms with E-state index in [0.29, 0.717) is 13.1 Å².